The normalized spacial score (nSPS) is 13.8. The standard InChI is InChI=1S/C17H17F3N4O3S/c1-3-24-15-10-12(17(18,19)20)4-5-14(15)21-16(24)11(2)22-28(26,27)13-6-8-23(25)9-7-13/h4-11,22H,3H2,1-2H3. The van der Waals surface area contributed by atoms with Gasteiger partial charge in [-0.1, -0.05) is 0 Å². The fraction of sp³-hybridized carbons (Fsp3) is 0.294. The number of aryl methyl sites for hydroxylation is 1. The van der Waals surface area contributed by atoms with Gasteiger partial charge >= 0.3 is 6.18 Å². The number of pyridine rings is 1. The zero-order chi connectivity index (χ0) is 20.7. The van der Waals surface area contributed by atoms with Crippen LogP contribution in [0.5, 0.6) is 0 Å². The smallest absolute Gasteiger partial charge is 0.416 e. The molecule has 0 aliphatic heterocycles. The lowest BCUT2D eigenvalue weighted by atomic mass is 10.2. The van der Waals surface area contributed by atoms with Gasteiger partial charge in [0.1, 0.15) is 5.82 Å². The van der Waals surface area contributed by atoms with Crippen LogP contribution in [0.25, 0.3) is 11.0 Å². The van der Waals surface area contributed by atoms with E-state index >= 15 is 0 Å². The molecule has 1 unspecified atom stereocenters. The molecule has 7 nitrogen and oxygen atoms in total. The van der Waals surface area contributed by atoms with E-state index in [1.165, 1.54) is 10.6 Å². The molecule has 1 atom stereocenters. The van der Waals surface area contributed by atoms with Crippen molar-refractivity contribution in [2.45, 2.75) is 37.5 Å². The molecule has 0 amide bonds. The van der Waals surface area contributed by atoms with Gasteiger partial charge in [-0.2, -0.15) is 17.9 Å². The van der Waals surface area contributed by atoms with E-state index in [-0.39, 0.29) is 16.2 Å². The highest BCUT2D eigenvalue weighted by atomic mass is 32.2. The van der Waals surface area contributed by atoms with E-state index in [2.05, 4.69) is 9.71 Å². The van der Waals surface area contributed by atoms with Crippen molar-refractivity contribution >= 4 is 21.1 Å². The minimum Gasteiger partial charge on any atom is -0.619 e. The van der Waals surface area contributed by atoms with Gasteiger partial charge in [-0.25, -0.2) is 18.1 Å². The third-order valence-corrected chi connectivity index (χ3v) is 5.78. The van der Waals surface area contributed by atoms with Crippen LogP contribution in [0.2, 0.25) is 0 Å². The second-order valence-electron chi connectivity index (χ2n) is 6.15. The van der Waals surface area contributed by atoms with Crippen molar-refractivity contribution in [1.82, 2.24) is 14.3 Å². The van der Waals surface area contributed by atoms with Gasteiger partial charge in [0, 0.05) is 18.7 Å². The summed E-state index contributed by atoms with van der Waals surface area (Å²) >= 11 is 0. The molecule has 1 aromatic carbocycles. The predicted octanol–water partition coefficient (Wildman–Crippen LogP) is 2.75. The van der Waals surface area contributed by atoms with Crippen molar-refractivity contribution < 1.29 is 26.3 Å². The highest BCUT2D eigenvalue weighted by Crippen LogP contribution is 2.32. The third kappa shape index (κ3) is 3.80. The zero-order valence-electron chi connectivity index (χ0n) is 14.9. The van der Waals surface area contributed by atoms with E-state index in [1.807, 2.05) is 0 Å². The second-order valence-corrected chi connectivity index (χ2v) is 7.87. The first-order chi connectivity index (χ1) is 13.0. The Kier molecular flexibility index (Phi) is 5.06. The topological polar surface area (TPSA) is 90.9 Å². The van der Waals surface area contributed by atoms with Crippen molar-refractivity contribution in [2.75, 3.05) is 0 Å². The molecule has 0 saturated carbocycles. The average molecular weight is 414 g/mol. The molecular formula is C17H17F3N4O3S. The number of aromatic nitrogens is 3. The Hall–Kier alpha value is -2.66. The minimum atomic E-state index is -4.49. The molecule has 28 heavy (non-hydrogen) atoms. The number of nitrogens with zero attached hydrogens (tertiary/aromatic N) is 3. The first-order valence-corrected chi connectivity index (χ1v) is 9.80. The SMILES string of the molecule is CCn1c(C(C)NS(=O)(=O)c2cc[n+]([O-])cc2)nc2ccc(C(F)(F)F)cc21. The van der Waals surface area contributed by atoms with Crippen LogP contribution in [0.15, 0.2) is 47.6 Å². The molecule has 0 fully saturated rings. The first kappa shape index (κ1) is 20.1. The summed E-state index contributed by atoms with van der Waals surface area (Å²) in [6, 6.07) is 4.70. The molecule has 3 rings (SSSR count). The summed E-state index contributed by atoms with van der Waals surface area (Å²) in [6.07, 6.45) is -2.38. The summed E-state index contributed by atoms with van der Waals surface area (Å²) in [5, 5.41) is 11.1. The van der Waals surface area contributed by atoms with Gasteiger partial charge in [0.2, 0.25) is 10.0 Å². The lowest BCUT2D eigenvalue weighted by Gasteiger charge is -2.15. The van der Waals surface area contributed by atoms with E-state index in [9.17, 15) is 26.8 Å². The monoisotopic (exact) mass is 414 g/mol. The van der Waals surface area contributed by atoms with Gasteiger partial charge in [0.25, 0.3) is 0 Å². The summed E-state index contributed by atoms with van der Waals surface area (Å²) in [5.74, 6) is 0.287. The zero-order valence-corrected chi connectivity index (χ0v) is 15.8. The van der Waals surface area contributed by atoms with E-state index in [1.54, 1.807) is 13.8 Å². The number of hydrogen-bond acceptors (Lipinski definition) is 4. The maximum Gasteiger partial charge on any atom is 0.416 e. The average Bonchev–Trinajstić information content (AvgIpc) is 2.99. The molecule has 0 saturated heterocycles. The summed E-state index contributed by atoms with van der Waals surface area (Å²) < 4.78 is 68.5. The Morgan fingerprint density at radius 3 is 2.46 bits per heavy atom. The number of imidazole rings is 1. The molecule has 2 aromatic heterocycles. The van der Waals surface area contributed by atoms with Crippen LogP contribution in [0.4, 0.5) is 13.2 Å². The maximum absolute atomic E-state index is 13.0. The van der Waals surface area contributed by atoms with E-state index < -0.39 is 27.8 Å². The number of nitrogens with one attached hydrogen (secondary N) is 1. The molecule has 0 aliphatic rings. The van der Waals surface area contributed by atoms with Crippen LogP contribution >= 0.6 is 0 Å². The van der Waals surface area contributed by atoms with Crippen LogP contribution in [-0.2, 0) is 22.7 Å². The van der Waals surface area contributed by atoms with E-state index in [0.29, 0.717) is 16.8 Å². The second kappa shape index (κ2) is 7.06. The molecule has 3 aromatic rings. The largest absolute Gasteiger partial charge is 0.619 e. The Morgan fingerprint density at radius 1 is 1.25 bits per heavy atom. The van der Waals surface area contributed by atoms with Crippen molar-refractivity contribution in [2.24, 2.45) is 0 Å². The molecule has 0 aliphatic carbocycles. The summed E-state index contributed by atoms with van der Waals surface area (Å²) in [4.78, 5) is 4.21. The lowest BCUT2D eigenvalue weighted by molar-refractivity contribution is -0.605. The highest BCUT2D eigenvalue weighted by Gasteiger charge is 2.31. The van der Waals surface area contributed by atoms with Crippen LogP contribution in [0.3, 0.4) is 0 Å². The summed E-state index contributed by atoms with van der Waals surface area (Å²) in [6.45, 7) is 3.59. The van der Waals surface area contributed by atoms with Crippen LogP contribution in [0, 0.1) is 5.21 Å². The van der Waals surface area contributed by atoms with Crippen LogP contribution < -0.4 is 9.45 Å². The minimum absolute atomic E-state index is 0.107. The van der Waals surface area contributed by atoms with E-state index in [4.69, 9.17) is 0 Å². The number of rotatable bonds is 5. The molecule has 2 heterocycles. The molecule has 0 spiro atoms. The number of benzene rings is 1. The van der Waals surface area contributed by atoms with Gasteiger partial charge in [0.15, 0.2) is 12.4 Å². The fourth-order valence-electron chi connectivity index (χ4n) is 2.91. The quantitative estimate of drug-likeness (QED) is 0.513. The molecular weight excluding hydrogens is 397 g/mol. The number of alkyl halides is 3. The Labute approximate surface area is 159 Å². The molecule has 150 valence electrons. The van der Waals surface area contributed by atoms with Crippen molar-refractivity contribution in [3.63, 3.8) is 0 Å². The van der Waals surface area contributed by atoms with Gasteiger partial charge in [-0.15, -0.1) is 0 Å². The summed E-state index contributed by atoms with van der Waals surface area (Å²) in [7, 11) is -3.95. The lowest BCUT2D eigenvalue weighted by Crippen LogP contribution is -2.30. The maximum atomic E-state index is 13.0. The first-order valence-electron chi connectivity index (χ1n) is 8.31. The fourth-order valence-corrected chi connectivity index (χ4v) is 4.10. The van der Waals surface area contributed by atoms with Crippen LogP contribution in [0.1, 0.15) is 31.3 Å². The number of halogens is 3. The highest BCUT2D eigenvalue weighted by molar-refractivity contribution is 7.89. The van der Waals surface area contributed by atoms with Crippen molar-refractivity contribution in [3.8, 4) is 0 Å². The third-order valence-electron chi connectivity index (χ3n) is 4.22. The number of hydrogen-bond donors (Lipinski definition) is 1. The Bertz CT molecular complexity index is 1110. The molecule has 11 heteroatoms. The molecule has 0 bridgehead atoms. The van der Waals surface area contributed by atoms with Gasteiger partial charge in [-0.3, -0.25) is 0 Å². The Morgan fingerprint density at radius 2 is 1.89 bits per heavy atom. The predicted molar refractivity (Wildman–Crippen MR) is 94.5 cm³/mol. The van der Waals surface area contributed by atoms with E-state index in [0.717, 1.165) is 36.7 Å². The number of fused-ring (bicyclic) bond motifs is 1. The van der Waals surface area contributed by atoms with Crippen molar-refractivity contribution in [3.05, 3.63) is 59.3 Å². The summed E-state index contributed by atoms with van der Waals surface area (Å²) in [5.41, 5.74) is -0.196. The Balaban J connectivity index is 1.99. The van der Waals surface area contributed by atoms with Crippen LogP contribution in [-0.4, -0.2) is 18.0 Å². The van der Waals surface area contributed by atoms with Gasteiger partial charge < -0.3 is 9.77 Å². The molecule has 0 radical (unpaired) electrons. The molecule has 1 N–H and O–H groups in total. The van der Waals surface area contributed by atoms with Crippen molar-refractivity contribution in [1.29, 1.82) is 0 Å². The van der Waals surface area contributed by atoms with Gasteiger partial charge in [-0.05, 0) is 32.0 Å². The number of sulfonamides is 1. The van der Waals surface area contributed by atoms with Gasteiger partial charge in [0.05, 0.1) is 27.5 Å².